The first-order valence-electron chi connectivity index (χ1n) is 7.60. The molecule has 0 saturated carbocycles. The first kappa shape index (κ1) is 16.1. The van der Waals surface area contributed by atoms with E-state index in [2.05, 4.69) is 15.7 Å². The van der Waals surface area contributed by atoms with Crippen molar-refractivity contribution in [2.75, 3.05) is 11.9 Å². The molecule has 122 valence electrons. The highest BCUT2D eigenvalue weighted by atomic mass is 35.5. The molecular weight excluding hydrogens is 324 g/mol. The second-order valence-electron chi connectivity index (χ2n) is 5.27. The van der Waals surface area contributed by atoms with Crippen LogP contribution in [0, 0.1) is 0 Å². The largest absolute Gasteiger partial charge is 0.338 e. The summed E-state index contributed by atoms with van der Waals surface area (Å²) in [6.45, 7) is 0.521. The van der Waals surface area contributed by atoms with Crippen LogP contribution in [0.15, 0.2) is 67.0 Å². The number of carbonyl (C=O) groups excluding carboxylic acids is 1. The number of hydrogen-bond donors (Lipinski definition) is 2. The number of benzene rings is 2. The Labute approximate surface area is 145 Å². The summed E-state index contributed by atoms with van der Waals surface area (Å²) in [6.07, 6.45) is 4.48. The zero-order valence-electron chi connectivity index (χ0n) is 12.9. The predicted octanol–water partition coefficient (Wildman–Crippen LogP) is 3.89. The van der Waals surface area contributed by atoms with Crippen LogP contribution >= 0.6 is 11.6 Å². The number of para-hydroxylation sites is 1. The van der Waals surface area contributed by atoms with Crippen molar-refractivity contribution in [1.29, 1.82) is 0 Å². The standard InChI is InChI=1S/C18H17ClN4O/c19-15-5-4-6-16(11-15)22-18(24)20-10-9-14-12-21-23(13-14)17-7-2-1-3-8-17/h1-8,11-13H,9-10H2,(H2,20,22,24). The van der Waals surface area contributed by atoms with Gasteiger partial charge in [0.05, 0.1) is 11.9 Å². The number of aromatic nitrogens is 2. The van der Waals surface area contributed by atoms with Crippen LogP contribution in [0.2, 0.25) is 5.02 Å². The van der Waals surface area contributed by atoms with Gasteiger partial charge in [0, 0.05) is 23.5 Å². The van der Waals surface area contributed by atoms with Crippen LogP contribution in [-0.4, -0.2) is 22.4 Å². The Morgan fingerprint density at radius 1 is 1.12 bits per heavy atom. The van der Waals surface area contributed by atoms with E-state index < -0.39 is 0 Å². The number of nitrogens with one attached hydrogen (secondary N) is 2. The Hall–Kier alpha value is -2.79. The molecule has 1 aromatic heterocycles. The highest BCUT2D eigenvalue weighted by molar-refractivity contribution is 6.30. The molecule has 5 nitrogen and oxygen atoms in total. The third-order valence-corrected chi connectivity index (χ3v) is 3.67. The van der Waals surface area contributed by atoms with Crippen molar-refractivity contribution in [3.8, 4) is 5.69 Å². The van der Waals surface area contributed by atoms with Gasteiger partial charge in [-0.05, 0) is 42.3 Å². The highest BCUT2D eigenvalue weighted by Crippen LogP contribution is 2.14. The van der Waals surface area contributed by atoms with E-state index in [-0.39, 0.29) is 6.03 Å². The minimum Gasteiger partial charge on any atom is -0.338 e. The summed E-state index contributed by atoms with van der Waals surface area (Å²) in [7, 11) is 0. The minimum atomic E-state index is -0.257. The highest BCUT2D eigenvalue weighted by Gasteiger charge is 2.04. The molecule has 0 bridgehead atoms. The van der Waals surface area contributed by atoms with E-state index in [4.69, 9.17) is 11.6 Å². The van der Waals surface area contributed by atoms with Gasteiger partial charge in [-0.2, -0.15) is 5.10 Å². The molecule has 0 unspecified atom stereocenters. The average molecular weight is 341 g/mol. The van der Waals surface area contributed by atoms with Gasteiger partial charge in [0.25, 0.3) is 0 Å². The molecule has 0 spiro atoms. The molecular formula is C18H17ClN4O. The van der Waals surface area contributed by atoms with Crippen molar-refractivity contribution in [1.82, 2.24) is 15.1 Å². The first-order chi connectivity index (χ1) is 11.7. The van der Waals surface area contributed by atoms with Gasteiger partial charge >= 0.3 is 6.03 Å². The van der Waals surface area contributed by atoms with Gasteiger partial charge in [-0.15, -0.1) is 0 Å². The maximum absolute atomic E-state index is 11.9. The summed E-state index contributed by atoms with van der Waals surface area (Å²) < 4.78 is 1.82. The molecule has 0 fully saturated rings. The molecule has 1 heterocycles. The summed E-state index contributed by atoms with van der Waals surface area (Å²) in [6, 6.07) is 16.7. The SMILES string of the molecule is O=C(NCCc1cnn(-c2ccccc2)c1)Nc1cccc(Cl)c1. The lowest BCUT2D eigenvalue weighted by Crippen LogP contribution is -2.30. The molecule has 2 amide bonds. The van der Waals surface area contributed by atoms with Crippen LogP contribution < -0.4 is 10.6 Å². The number of halogens is 1. The van der Waals surface area contributed by atoms with Crippen LogP contribution in [0.5, 0.6) is 0 Å². The van der Waals surface area contributed by atoms with Gasteiger partial charge in [0.15, 0.2) is 0 Å². The summed E-state index contributed by atoms with van der Waals surface area (Å²) in [5, 5.41) is 10.5. The number of anilines is 1. The molecule has 0 atom stereocenters. The van der Waals surface area contributed by atoms with Gasteiger partial charge in [-0.3, -0.25) is 0 Å². The van der Waals surface area contributed by atoms with E-state index in [1.165, 1.54) is 0 Å². The number of hydrogen-bond acceptors (Lipinski definition) is 2. The molecule has 0 aliphatic carbocycles. The predicted molar refractivity (Wildman–Crippen MR) is 95.7 cm³/mol. The van der Waals surface area contributed by atoms with E-state index in [0.29, 0.717) is 23.7 Å². The summed E-state index contributed by atoms with van der Waals surface area (Å²) >= 11 is 5.88. The first-order valence-corrected chi connectivity index (χ1v) is 7.98. The van der Waals surface area contributed by atoms with Crippen LogP contribution in [0.25, 0.3) is 5.69 Å². The number of urea groups is 1. The van der Waals surface area contributed by atoms with Crippen LogP contribution in [0.3, 0.4) is 0 Å². The maximum atomic E-state index is 11.9. The fourth-order valence-corrected chi connectivity index (χ4v) is 2.46. The monoisotopic (exact) mass is 340 g/mol. The fourth-order valence-electron chi connectivity index (χ4n) is 2.27. The Morgan fingerprint density at radius 3 is 2.75 bits per heavy atom. The lowest BCUT2D eigenvalue weighted by Gasteiger charge is -2.07. The van der Waals surface area contributed by atoms with Crippen LogP contribution in [-0.2, 0) is 6.42 Å². The Bertz CT molecular complexity index is 817. The molecule has 2 N–H and O–H groups in total. The molecule has 6 heteroatoms. The average Bonchev–Trinajstić information content (AvgIpc) is 3.04. The van der Waals surface area contributed by atoms with Gasteiger partial charge in [0.1, 0.15) is 0 Å². The lowest BCUT2D eigenvalue weighted by atomic mass is 10.2. The Kier molecular flexibility index (Phi) is 5.13. The second-order valence-corrected chi connectivity index (χ2v) is 5.71. The van der Waals surface area contributed by atoms with Crippen molar-refractivity contribution in [3.63, 3.8) is 0 Å². The number of nitrogens with zero attached hydrogens (tertiary/aromatic N) is 2. The van der Waals surface area contributed by atoms with Crippen LogP contribution in [0.4, 0.5) is 10.5 Å². The van der Waals surface area contributed by atoms with Crippen molar-refractivity contribution >= 4 is 23.3 Å². The molecule has 0 aliphatic rings. The second kappa shape index (κ2) is 7.66. The third kappa shape index (κ3) is 4.36. The number of carbonyl (C=O) groups is 1. The molecule has 0 aliphatic heterocycles. The number of amides is 2. The Morgan fingerprint density at radius 2 is 1.96 bits per heavy atom. The number of rotatable bonds is 5. The molecule has 24 heavy (non-hydrogen) atoms. The lowest BCUT2D eigenvalue weighted by molar-refractivity contribution is 0.252. The third-order valence-electron chi connectivity index (χ3n) is 3.44. The summed E-state index contributed by atoms with van der Waals surface area (Å²) in [4.78, 5) is 11.9. The molecule has 3 rings (SSSR count). The van der Waals surface area contributed by atoms with Gasteiger partial charge < -0.3 is 10.6 Å². The molecule has 0 radical (unpaired) electrons. The minimum absolute atomic E-state index is 0.257. The normalized spacial score (nSPS) is 10.4. The zero-order chi connectivity index (χ0) is 16.8. The van der Waals surface area contributed by atoms with Gasteiger partial charge in [-0.25, -0.2) is 9.48 Å². The molecule has 2 aromatic carbocycles. The molecule has 3 aromatic rings. The maximum Gasteiger partial charge on any atom is 0.319 e. The zero-order valence-corrected chi connectivity index (χ0v) is 13.7. The van der Waals surface area contributed by atoms with E-state index in [1.54, 1.807) is 24.3 Å². The van der Waals surface area contributed by atoms with Crippen LogP contribution in [0.1, 0.15) is 5.56 Å². The smallest absolute Gasteiger partial charge is 0.319 e. The topological polar surface area (TPSA) is 59.0 Å². The van der Waals surface area contributed by atoms with Crippen molar-refractivity contribution < 1.29 is 4.79 Å². The van der Waals surface area contributed by atoms with Crippen molar-refractivity contribution in [2.24, 2.45) is 0 Å². The molecule has 0 saturated heterocycles. The summed E-state index contributed by atoms with van der Waals surface area (Å²) in [5.41, 5.74) is 2.73. The quantitative estimate of drug-likeness (QED) is 0.740. The van der Waals surface area contributed by atoms with E-state index in [1.807, 2.05) is 47.4 Å². The van der Waals surface area contributed by atoms with E-state index >= 15 is 0 Å². The van der Waals surface area contributed by atoms with E-state index in [0.717, 1.165) is 11.3 Å². The van der Waals surface area contributed by atoms with Gasteiger partial charge in [-0.1, -0.05) is 35.9 Å². The summed E-state index contributed by atoms with van der Waals surface area (Å²) in [5.74, 6) is 0. The van der Waals surface area contributed by atoms with E-state index in [9.17, 15) is 4.79 Å². The fraction of sp³-hybridized carbons (Fsp3) is 0.111. The Balaban J connectivity index is 1.48. The van der Waals surface area contributed by atoms with Crippen molar-refractivity contribution in [3.05, 3.63) is 77.6 Å². The van der Waals surface area contributed by atoms with Gasteiger partial charge in [0.2, 0.25) is 0 Å². The van der Waals surface area contributed by atoms with Crippen molar-refractivity contribution in [2.45, 2.75) is 6.42 Å².